The third-order valence-electron chi connectivity index (χ3n) is 4.75. The van der Waals surface area contributed by atoms with Crippen molar-refractivity contribution in [2.75, 3.05) is 12.0 Å². The first-order valence-corrected chi connectivity index (χ1v) is 10.4. The molecule has 0 radical (unpaired) electrons. The predicted octanol–water partition coefficient (Wildman–Crippen LogP) is 5.73. The van der Waals surface area contributed by atoms with Crippen LogP contribution in [0.15, 0.2) is 82.6 Å². The van der Waals surface area contributed by atoms with Gasteiger partial charge in [-0.25, -0.2) is 4.90 Å². The molecule has 1 aliphatic heterocycles. The topological polar surface area (TPSA) is 46.6 Å². The lowest BCUT2D eigenvalue weighted by Crippen LogP contribution is -2.31. The van der Waals surface area contributed by atoms with Crippen molar-refractivity contribution < 1.29 is 14.3 Å². The summed E-state index contributed by atoms with van der Waals surface area (Å²) in [6, 6.07) is 21.7. The molecule has 0 saturated carbocycles. The largest absolute Gasteiger partial charge is 0.497 e. The molecular formula is C24H18ClNO3S. The number of hydrogen-bond acceptors (Lipinski definition) is 4. The molecule has 0 bridgehead atoms. The van der Waals surface area contributed by atoms with Gasteiger partial charge >= 0.3 is 0 Å². The Morgan fingerprint density at radius 1 is 0.833 bits per heavy atom. The third-order valence-corrected chi connectivity index (χ3v) is 6.09. The zero-order chi connectivity index (χ0) is 21.3. The van der Waals surface area contributed by atoms with Gasteiger partial charge < -0.3 is 4.74 Å². The number of amides is 2. The maximum Gasteiger partial charge on any atom is 0.272 e. The fraction of sp³-hybridized carbons (Fsp3) is 0.0833. The number of rotatable bonds is 5. The summed E-state index contributed by atoms with van der Waals surface area (Å²) in [5, 5.41) is 0.610. The van der Waals surface area contributed by atoms with Gasteiger partial charge in [-0.1, -0.05) is 53.2 Å². The molecule has 150 valence electrons. The van der Waals surface area contributed by atoms with E-state index in [4.69, 9.17) is 16.3 Å². The van der Waals surface area contributed by atoms with Crippen LogP contribution in [-0.2, 0) is 9.59 Å². The van der Waals surface area contributed by atoms with Crippen LogP contribution in [0.5, 0.6) is 5.75 Å². The van der Waals surface area contributed by atoms with Crippen molar-refractivity contribution in [2.45, 2.75) is 11.8 Å². The Balaban J connectivity index is 1.80. The fourth-order valence-corrected chi connectivity index (χ4v) is 4.29. The molecule has 1 heterocycles. The van der Waals surface area contributed by atoms with Crippen molar-refractivity contribution in [2.24, 2.45) is 0 Å². The van der Waals surface area contributed by atoms with Gasteiger partial charge in [0.15, 0.2) is 0 Å². The van der Waals surface area contributed by atoms with E-state index in [1.807, 2.05) is 31.2 Å². The van der Waals surface area contributed by atoms with Gasteiger partial charge in [-0.15, -0.1) is 0 Å². The lowest BCUT2D eigenvalue weighted by atomic mass is 10.1. The summed E-state index contributed by atoms with van der Waals surface area (Å²) in [4.78, 5) is 29.2. The van der Waals surface area contributed by atoms with Crippen LogP contribution in [0, 0.1) is 6.92 Å². The van der Waals surface area contributed by atoms with Gasteiger partial charge in [0.05, 0.1) is 23.3 Å². The third kappa shape index (κ3) is 3.86. The van der Waals surface area contributed by atoms with E-state index in [-0.39, 0.29) is 11.8 Å². The summed E-state index contributed by atoms with van der Waals surface area (Å²) in [6.07, 6.45) is 0. The van der Waals surface area contributed by atoms with Gasteiger partial charge in [0.25, 0.3) is 11.8 Å². The first-order chi connectivity index (χ1) is 14.5. The molecule has 0 spiro atoms. The number of benzene rings is 3. The van der Waals surface area contributed by atoms with Crippen LogP contribution < -0.4 is 9.64 Å². The van der Waals surface area contributed by atoms with Gasteiger partial charge in [0.2, 0.25) is 0 Å². The van der Waals surface area contributed by atoms with E-state index in [9.17, 15) is 9.59 Å². The van der Waals surface area contributed by atoms with Gasteiger partial charge in [-0.3, -0.25) is 9.59 Å². The molecule has 0 saturated heterocycles. The van der Waals surface area contributed by atoms with Gasteiger partial charge in [-0.05, 0) is 61.0 Å². The van der Waals surface area contributed by atoms with Crippen LogP contribution in [0.2, 0.25) is 5.02 Å². The van der Waals surface area contributed by atoms with Crippen LogP contribution in [0.3, 0.4) is 0 Å². The van der Waals surface area contributed by atoms with Gasteiger partial charge in [0.1, 0.15) is 5.75 Å². The Hall–Kier alpha value is -3.02. The summed E-state index contributed by atoms with van der Waals surface area (Å²) in [5.74, 6) is -0.00137. The molecule has 0 unspecified atom stereocenters. The number of imide groups is 1. The molecule has 4 nitrogen and oxygen atoms in total. The summed E-state index contributed by atoms with van der Waals surface area (Å²) in [5.41, 5.74) is 2.65. The highest BCUT2D eigenvalue weighted by molar-refractivity contribution is 8.04. The van der Waals surface area contributed by atoms with Crippen LogP contribution >= 0.6 is 23.4 Å². The summed E-state index contributed by atoms with van der Waals surface area (Å²) in [7, 11) is 1.58. The van der Waals surface area contributed by atoms with E-state index >= 15 is 0 Å². The molecule has 6 heteroatoms. The van der Waals surface area contributed by atoms with Crippen LogP contribution in [0.25, 0.3) is 5.57 Å². The van der Waals surface area contributed by atoms with Crippen molar-refractivity contribution in [1.82, 2.24) is 0 Å². The fourth-order valence-electron chi connectivity index (χ4n) is 3.17. The Morgan fingerprint density at radius 2 is 1.47 bits per heavy atom. The number of methoxy groups -OCH3 is 1. The molecule has 0 aromatic heterocycles. The number of nitrogens with zero attached hydrogens (tertiary/aromatic N) is 1. The molecule has 0 aliphatic carbocycles. The molecule has 0 fully saturated rings. The average Bonchev–Trinajstić information content (AvgIpc) is 3.00. The molecule has 0 atom stereocenters. The van der Waals surface area contributed by atoms with Crippen LogP contribution in [-0.4, -0.2) is 18.9 Å². The van der Waals surface area contributed by atoms with Gasteiger partial charge in [0, 0.05) is 9.92 Å². The summed E-state index contributed by atoms with van der Waals surface area (Å²) in [6.45, 7) is 1.96. The standard InChI is InChI=1S/C24H18ClNO3S/c1-15-3-9-18(10-4-15)26-23(27)21(16-5-11-19(29-2)12-6-16)22(24(26)28)30-20-13-7-17(25)8-14-20/h3-14H,1-2H3. The van der Waals surface area contributed by atoms with Crippen molar-refractivity contribution in [3.63, 3.8) is 0 Å². The quantitative estimate of drug-likeness (QED) is 0.480. The molecular weight excluding hydrogens is 418 g/mol. The van der Waals surface area contributed by atoms with E-state index in [1.54, 1.807) is 55.6 Å². The first kappa shape index (κ1) is 20.3. The summed E-state index contributed by atoms with van der Waals surface area (Å²) >= 11 is 7.25. The Kier molecular flexibility index (Phi) is 5.66. The predicted molar refractivity (Wildman–Crippen MR) is 121 cm³/mol. The monoisotopic (exact) mass is 435 g/mol. The zero-order valence-corrected chi connectivity index (χ0v) is 18.0. The zero-order valence-electron chi connectivity index (χ0n) is 16.4. The van der Waals surface area contributed by atoms with E-state index < -0.39 is 0 Å². The van der Waals surface area contributed by atoms with Crippen molar-refractivity contribution in [1.29, 1.82) is 0 Å². The number of thioether (sulfide) groups is 1. The maximum atomic E-state index is 13.4. The Labute approximate surface area is 184 Å². The highest BCUT2D eigenvalue weighted by Gasteiger charge is 2.40. The minimum absolute atomic E-state index is 0.338. The second-order valence-corrected chi connectivity index (χ2v) is 8.29. The van der Waals surface area contributed by atoms with Crippen molar-refractivity contribution >= 4 is 46.4 Å². The maximum absolute atomic E-state index is 13.4. The average molecular weight is 436 g/mol. The Bertz CT molecular complexity index is 1140. The first-order valence-electron chi connectivity index (χ1n) is 9.25. The van der Waals surface area contributed by atoms with E-state index in [0.29, 0.717) is 32.5 Å². The lowest BCUT2D eigenvalue weighted by molar-refractivity contribution is -0.119. The Morgan fingerprint density at radius 3 is 2.07 bits per heavy atom. The number of hydrogen-bond donors (Lipinski definition) is 0. The molecule has 2 amide bonds. The van der Waals surface area contributed by atoms with Gasteiger partial charge in [-0.2, -0.15) is 0 Å². The molecule has 3 aromatic carbocycles. The number of carbonyl (C=O) groups excluding carboxylic acids is 2. The minimum Gasteiger partial charge on any atom is -0.497 e. The number of carbonyl (C=O) groups is 2. The molecule has 3 aromatic rings. The van der Waals surface area contributed by atoms with E-state index in [1.165, 1.54) is 16.7 Å². The van der Waals surface area contributed by atoms with Crippen LogP contribution in [0.4, 0.5) is 5.69 Å². The second-order valence-electron chi connectivity index (χ2n) is 6.77. The number of ether oxygens (including phenoxy) is 1. The van der Waals surface area contributed by atoms with Crippen LogP contribution in [0.1, 0.15) is 11.1 Å². The number of anilines is 1. The molecule has 1 aliphatic rings. The summed E-state index contributed by atoms with van der Waals surface area (Å²) < 4.78 is 5.22. The number of halogens is 1. The van der Waals surface area contributed by atoms with Crippen molar-refractivity contribution in [3.8, 4) is 5.75 Å². The number of aryl methyl sites for hydroxylation is 1. The van der Waals surface area contributed by atoms with E-state index in [0.717, 1.165) is 10.5 Å². The molecule has 0 N–H and O–H groups in total. The van der Waals surface area contributed by atoms with E-state index in [2.05, 4.69) is 0 Å². The lowest BCUT2D eigenvalue weighted by Gasteiger charge is -2.15. The highest BCUT2D eigenvalue weighted by atomic mass is 35.5. The smallest absolute Gasteiger partial charge is 0.272 e. The minimum atomic E-state index is -0.342. The van der Waals surface area contributed by atoms with Crippen molar-refractivity contribution in [3.05, 3.63) is 93.9 Å². The highest BCUT2D eigenvalue weighted by Crippen LogP contribution is 2.41. The molecule has 30 heavy (non-hydrogen) atoms. The SMILES string of the molecule is COc1ccc(C2=C(Sc3ccc(Cl)cc3)C(=O)N(c3ccc(C)cc3)C2=O)cc1. The second kappa shape index (κ2) is 8.38. The normalized spacial score (nSPS) is 13.9. The molecule has 4 rings (SSSR count).